The molecule has 2 fully saturated rings. The molecule has 11 aromatic rings. The van der Waals surface area contributed by atoms with E-state index >= 15 is 0 Å². The van der Waals surface area contributed by atoms with Gasteiger partial charge in [-0.25, -0.2) is 4.98 Å². The summed E-state index contributed by atoms with van der Waals surface area (Å²) in [6.07, 6.45) is 14.1. The second-order valence-electron chi connectivity index (χ2n) is 24.3. The molecule has 401 valence electrons. The Morgan fingerprint density at radius 3 is 1.96 bits per heavy atom. The number of hydrogen-bond acceptors (Lipinski definition) is 5. The van der Waals surface area contributed by atoms with E-state index in [4.69, 9.17) is 19.4 Å². The minimum atomic E-state index is -1.26. The van der Waals surface area contributed by atoms with Crippen LogP contribution in [0, 0.1) is 25.0 Å². The molecule has 0 saturated heterocycles. The van der Waals surface area contributed by atoms with Crippen molar-refractivity contribution in [1.29, 1.82) is 0 Å². The quantitative estimate of drug-likeness (QED) is 0.106. The molecule has 8 heteroatoms. The molecular formula is C71H71IrN5OSi-2. The standard InChI is InChI=1S/C51H45N4O.C20H26NSi.Ir/c1-31-23-24-39-44(52-31)27-28-45-47(39)55(46-41(34-17-8-6-9-18-34)29-36(51(3,4)5)30-42(46)35-19-10-7-11-20-35)49(53-45)40-22-14-21-37-38-25-26-43(54-50(38)56-48(37)40)32(2)33-15-12-13-16-33;1-22(2,3)19-13-14-20(21-15-19)18-11-9-17(10-12-18)16-7-5-4-6-8-16;/h6-11,14,17-21,23-30,32-33H,12-13,15-16H2,1-5H3;9-11,13-16H,4-8H2,1-3H3;/q2*-1;. The van der Waals surface area contributed by atoms with Gasteiger partial charge in [0.2, 0.25) is 5.71 Å². The van der Waals surface area contributed by atoms with Crippen LogP contribution in [0.15, 0.2) is 162 Å². The van der Waals surface area contributed by atoms with E-state index in [2.05, 4.69) is 221 Å². The summed E-state index contributed by atoms with van der Waals surface area (Å²) in [5.74, 6) is 2.57. The number of rotatable bonds is 9. The first kappa shape index (κ1) is 54.1. The van der Waals surface area contributed by atoms with Crippen LogP contribution >= 0.6 is 0 Å². The molecular weight excluding hydrogens is 1160 g/mol. The van der Waals surface area contributed by atoms with Gasteiger partial charge >= 0.3 is 0 Å². The summed E-state index contributed by atoms with van der Waals surface area (Å²) in [7, 11) is -1.26. The summed E-state index contributed by atoms with van der Waals surface area (Å²) in [6.45, 7) is 18.3. The summed E-state index contributed by atoms with van der Waals surface area (Å²) in [5.41, 5.74) is 17.4. The van der Waals surface area contributed by atoms with Gasteiger partial charge in [0.15, 0.2) is 0 Å². The number of aryl methyl sites for hydroxylation is 1. The van der Waals surface area contributed by atoms with Crippen LogP contribution in [-0.2, 0) is 25.5 Å². The van der Waals surface area contributed by atoms with Crippen molar-refractivity contribution in [2.45, 2.75) is 129 Å². The number of pyridine rings is 3. The van der Waals surface area contributed by atoms with Crippen LogP contribution in [0.2, 0.25) is 19.6 Å². The van der Waals surface area contributed by atoms with Crippen molar-refractivity contribution in [3.63, 3.8) is 0 Å². The first-order valence-corrected chi connectivity index (χ1v) is 32.1. The van der Waals surface area contributed by atoms with E-state index in [9.17, 15) is 0 Å². The first-order chi connectivity index (χ1) is 37.8. The van der Waals surface area contributed by atoms with Crippen molar-refractivity contribution < 1.29 is 24.5 Å². The van der Waals surface area contributed by atoms with Gasteiger partial charge in [-0.2, -0.15) is 0 Å². The van der Waals surface area contributed by atoms with Gasteiger partial charge in [0.25, 0.3) is 0 Å². The molecule has 2 saturated carbocycles. The van der Waals surface area contributed by atoms with Crippen molar-refractivity contribution >= 4 is 57.3 Å². The second kappa shape index (κ2) is 22.4. The molecule has 1 unspecified atom stereocenters. The maximum atomic E-state index is 6.87. The van der Waals surface area contributed by atoms with Crippen LogP contribution in [0.3, 0.4) is 0 Å². The Labute approximate surface area is 481 Å². The van der Waals surface area contributed by atoms with Gasteiger partial charge in [-0.15, -0.1) is 53.6 Å². The van der Waals surface area contributed by atoms with E-state index in [0.29, 0.717) is 17.5 Å². The van der Waals surface area contributed by atoms with Crippen LogP contribution in [0.4, 0.5) is 0 Å². The Kier molecular flexibility index (Phi) is 15.3. The molecule has 6 nitrogen and oxygen atoms in total. The first-order valence-electron chi connectivity index (χ1n) is 28.6. The average Bonchev–Trinajstić information content (AvgIpc) is 4.25. The Morgan fingerprint density at radius 2 is 1.33 bits per heavy atom. The summed E-state index contributed by atoms with van der Waals surface area (Å²) < 4.78 is 9.23. The van der Waals surface area contributed by atoms with E-state index in [1.165, 1.54) is 74.1 Å². The maximum absolute atomic E-state index is 6.87. The van der Waals surface area contributed by atoms with Gasteiger partial charge in [-0.1, -0.05) is 182 Å². The zero-order valence-corrected chi connectivity index (χ0v) is 50.5. The third kappa shape index (κ3) is 10.8. The number of nitrogens with zero attached hydrogens (tertiary/aromatic N) is 5. The number of hydrogen-bond donors (Lipinski definition) is 0. The van der Waals surface area contributed by atoms with Gasteiger partial charge in [0.1, 0.15) is 0 Å². The predicted octanol–water partition coefficient (Wildman–Crippen LogP) is 18.7. The van der Waals surface area contributed by atoms with Crippen molar-refractivity contribution in [1.82, 2.24) is 24.5 Å². The van der Waals surface area contributed by atoms with Crippen LogP contribution in [-0.4, -0.2) is 32.6 Å². The fourth-order valence-corrected chi connectivity index (χ4v) is 13.3. The molecule has 1 atom stereocenters. The summed E-state index contributed by atoms with van der Waals surface area (Å²) in [6, 6.07) is 61.4. The molecule has 6 aromatic carbocycles. The van der Waals surface area contributed by atoms with Crippen molar-refractivity contribution in [2.24, 2.45) is 5.92 Å². The molecule has 0 N–H and O–H groups in total. The fourth-order valence-electron chi connectivity index (χ4n) is 12.3. The topological polar surface area (TPSA) is 69.6 Å². The molecule has 5 heterocycles. The van der Waals surface area contributed by atoms with Gasteiger partial charge in [0.05, 0.1) is 41.7 Å². The molecule has 0 amide bonds. The molecule has 13 rings (SSSR count). The summed E-state index contributed by atoms with van der Waals surface area (Å²) in [5, 5.41) is 4.47. The third-order valence-corrected chi connectivity index (χ3v) is 19.0. The zero-order valence-electron chi connectivity index (χ0n) is 47.1. The fraction of sp³-hybridized carbons (Fsp3) is 0.296. The third-order valence-electron chi connectivity index (χ3n) is 16.9. The maximum Gasteiger partial charge on any atom is 0.216 e. The van der Waals surface area contributed by atoms with E-state index in [1.54, 1.807) is 0 Å². The number of benzene rings is 6. The van der Waals surface area contributed by atoms with Crippen molar-refractivity contribution in [3.05, 3.63) is 193 Å². The number of furan rings is 1. The van der Waals surface area contributed by atoms with Crippen molar-refractivity contribution in [2.75, 3.05) is 0 Å². The molecule has 79 heavy (non-hydrogen) atoms. The molecule has 2 aliphatic carbocycles. The Balaban J connectivity index is 0.000000241. The van der Waals surface area contributed by atoms with E-state index in [0.717, 1.165) is 106 Å². The normalized spacial score (nSPS) is 14.9. The molecule has 2 aliphatic rings. The minimum absolute atomic E-state index is 0. The predicted molar refractivity (Wildman–Crippen MR) is 328 cm³/mol. The molecule has 0 spiro atoms. The van der Waals surface area contributed by atoms with E-state index in [1.807, 2.05) is 13.0 Å². The van der Waals surface area contributed by atoms with Gasteiger partial charge in [0, 0.05) is 65.5 Å². The van der Waals surface area contributed by atoms with Crippen LogP contribution in [0.1, 0.15) is 120 Å². The van der Waals surface area contributed by atoms with Gasteiger partial charge < -0.3 is 14.0 Å². The van der Waals surface area contributed by atoms with Crippen LogP contribution < -0.4 is 5.19 Å². The molecule has 0 bridgehead atoms. The van der Waals surface area contributed by atoms with Gasteiger partial charge in [-0.3, -0.25) is 9.97 Å². The smallest absolute Gasteiger partial charge is 0.216 e. The SMILES string of the molecule is C[Si](C)(C)c1ccc(-c2[c-]cc(C3CCCCC3)cc2)nc1.Cc1ccc2c(ccc3nc(-c4[c-]ccc5c4oc4nc(C(C)C6CCCC6)ccc45)n(-c4c(-c5ccccc5)cc(C(C)(C)C)cc4-c4ccccc4)c32)n1.[Ir]. The largest absolute Gasteiger partial charge is 0.486 e. The Hall–Kier alpha value is -6.83. The zero-order chi connectivity index (χ0) is 53.7. The van der Waals surface area contributed by atoms with Crippen LogP contribution in [0.25, 0.3) is 94.6 Å². The number of fused-ring (bicyclic) bond motifs is 6. The minimum Gasteiger partial charge on any atom is -0.486 e. The van der Waals surface area contributed by atoms with Crippen LogP contribution in [0.5, 0.6) is 0 Å². The Morgan fingerprint density at radius 1 is 0.658 bits per heavy atom. The number of imidazole rings is 1. The summed E-state index contributed by atoms with van der Waals surface area (Å²) in [4.78, 5) is 20.4. The second-order valence-corrected chi connectivity index (χ2v) is 29.4. The molecule has 0 aliphatic heterocycles. The van der Waals surface area contributed by atoms with E-state index in [-0.39, 0.29) is 25.5 Å². The summed E-state index contributed by atoms with van der Waals surface area (Å²) >= 11 is 0. The van der Waals surface area contributed by atoms with E-state index < -0.39 is 8.07 Å². The average molecular weight is 1230 g/mol. The number of aromatic nitrogens is 5. The molecule has 5 aromatic heterocycles. The monoisotopic (exact) mass is 1230 g/mol. The van der Waals surface area contributed by atoms with Crippen molar-refractivity contribution in [3.8, 4) is 50.6 Å². The Bertz CT molecular complexity index is 3870. The molecule has 1 radical (unpaired) electrons. The van der Waals surface area contributed by atoms with Gasteiger partial charge in [-0.05, 0) is 107 Å².